The highest BCUT2D eigenvalue weighted by Gasteiger charge is 2.28. The SMILES string of the molecule is CCCC(Cc1ccc2c(c1)OCO2)NC(=O)CC1CNCCN1c1cc(C(C)C)nc(-n2ccnc2)n1. The van der Waals surface area contributed by atoms with Crippen LogP contribution in [0.3, 0.4) is 0 Å². The monoisotopic (exact) mass is 519 g/mol. The molecule has 1 amide bonds. The zero-order chi connectivity index (χ0) is 26.5. The Balaban J connectivity index is 1.29. The van der Waals surface area contributed by atoms with Gasteiger partial charge in [0.15, 0.2) is 11.5 Å². The molecular weight excluding hydrogens is 482 g/mol. The first-order chi connectivity index (χ1) is 18.5. The second-order valence-electron chi connectivity index (χ2n) is 10.3. The van der Waals surface area contributed by atoms with Crippen LogP contribution in [-0.2, 0) is 11.2 Å². The van der Waals surface area contributed by atoms with Gasteiger partial charge in [-0.15, -0.1) is 0 Å². The van der Waals surface area contributed by atoms with Gasteiger partial charge < -0.3 is 25.0 Å². The topological polar surface area (TPSA) is 106 Å². The fraction of sp³-hybridized carbons (Fsp3) is 0.500. The van der Waals surface area contributed by atoms with E-state index in [0.717, 1.165) is 67.5 Å². The van der Waals surface area contributed by atoms with Crippen LogP contribution in [0, 0.1) is 0 Å². The Hall–Kier alpha value is -3.66. The molecule has 1 fully saturated rings. The summed E-state index contributed by atoms with van der Waals surface area (Å²) >= 11 is 0. The molecule has 2 N–H and O–H groups in total. The van der Waals surface area contributed by atoms with E-state index in [0.29, 0.717) is 12.4 Å². The smallest absolute Gasteiger partial charge is 0.237 e. The molecule has 202 valence electrons. The van der Waals surface area contributed by atoms with Crippen molar-refractivity contribution in [1.29, 1.82) is 0 Å². The number of fused-ring (bicyclic) bond motifs is 1. The highest BCUT2D eigenvalue weighted by Crippen LogP contribution is 2.33. The maximum absolute atomic E-state index is 13.3. The molecule has 4 heterocycles. The molecule has 0 spiro atoms. The number of carbonyl (C=O) groups excluding carboxylic acids is 1. The molecule has 10 heteroatoms. The van der Waals surface area contributed by atoms with Crippen LogP contribution < -0.4 is 25.0 Å². The van der Waals surface area contributed by atoms with Crippen LogP contribution in [0.4, 0.5) is 5.82 Å². The summed E-state index contributed by atoms with van der Waals surface area (Å²) in [5.74, 6) is 3.28. The van der Waals surface area contributed by atoms with Crippen LogP contribution in [0.5, 0.6) is 11.5 Å². The second kappa shape index (κ2) is 11.8. The van der Waals surface area contributed by atoms with Crippen molar-refractivity contribution in [1.82, 2.24) is 30.2 Å². The van der Waals surface area contributed by atoms with E-state index in [2.05, 4.69) is 47.4 Å². The highest BCUT2D eigenvalue weighted by molar-refractivity contribution is 5.77. The molecule has 2 aliphatic rings. The van der Waals surface area contributed by atoms with Crippen molar-refractivity contribution in [3.63, 3.8) is 0 Å². The number of ether oxygens (including phenoxy) is 2. The molecule has 2 aromatic heterocycles. The van der Waals surface area contributed by atoms with E-state index in [1.807, 2.05) is 29.0 Å². The average Bonchev–Trinajstić information content (AvgIpc) is 3.61. The Kier molecular flexibility index (Phi) is 8.07. The minimum Gasteiger partial charge on any atom is -0.454 e. The fourth-order valence-electron chi connectivity index (χ4n) is 5.05. The van der Waals surface area contributed by atoms with Crippen molar-refractivity contribution >= 4 is 11.7 Å². The quantitative estimate of drug-likeness (QED) is 0.421. The zero-order valence-corrected chi connectivity index (χ0v) is 22.4. The zero-order valence-electron chi connectivity index (χ0n) is 22.4. The highest BCUT2D eigenvalue weighted by atomic mass is 16.7. The number of carbonyl (C=O) groups is 1. The minimum absolute atomic E-state index is 0.0119. The molecule has 2 atom stereocenters. The van der Waals surface area contributed by atoms with Crippen molar-refractivity contribution < 1.29 is 14.3 Å². The number of aromatic nitrogens is 4. The number of hydrogen-bond acceptors (Lipinski definition) is 8. The maximum Gasteiger partial charge on any atom is 0.237 e. The molecule has 1 saturated heterocycles. The van der Waals surface area contributed by atoms with Gasteiger partial charge in [0.1, 0.15) is 12.1 Å². The van der Waals surface area contributed by atoms with Gasteiger partial charge in [-0.25, -0.2) is 9.97 Å². The van der Waals surface area contributed by atoms with E-state index >= 15 is 0 Å². The molecule has 0 aliphatic carbocycles. The molecule has 3 aromatic rings. The third kappa shape index (κ3) is 6.07. The fourth-order valence-corrected chi connectivity index (χ4v) is 5.05. The molecule has 5 rings (SSSR count). The number of rotatable bonds is 10. The van der Waals surface area contributed by atoms with E-state index in [9.17, 15) is 4.79 Å². The summed E-state index contributed by atoms with van der Waals surface area (Å²) in [4.78, 5) is 29.3. The Labute approximate surface area is 223 Å². The average molecular weight is 520 g/mol. The second-order valence-corrected chi connectivity index (χ2v) is 10.3. The van der Waals surface area contributed by atoms with Gasteiger partial charge in [0.25, 0.3) is 0 Å². The Bertz CT molecular complexity index is 1230. The van der Waals surface area contributed by atoms with Gasteiger partial charge in [-0.1, -0.05) is 33.3 Å². The van der Waals surface area contributed by atoms with Gasteiger partial charge in [0.05, 0.1) is 11.7 Å². The number of nitrogens with one attached hydrogen (secondary N) is 2. The van der Waals surface area contributed by atoms with Crippen LogP contribution in [-0.4, -0.2) is 63.9 Å². The summed E-state index contributed by atoms with van der Waals surface area (Å²) in [6.07, 6.45) is 8.31. The molecular formula is C28H37N7O3. The minimum atomic E-state index is -0.0119. The summed E-state index contributed by atoms with van der Waals surface area (Å²) in [5.41, 5.74) is 2.09. The molecule has 2 aliphatic heterocycles. The summed E-state index contributed by atoms with van der Waals surface area (Å²) in [5, 5.41) is 6.76. The molecule has 2 unspecified atom stereocenters. The van der Waals surface area contributed by atoms with Crippen molar-refractivity contribution in [2.75, 3.05) is 31.3 Å². The van der Waals surface area contributed by atoms with Gasteiger partial charge in [-0.3, -0.25) is 9.36 Å². The van der Waals surface area contributed by atoms with E-state index in [1.54, 1.807) is 12.5 Å². The van der Waals surface area contributed by atoms with Gasteiger partial charge in [0, 0.05) is 50.6 Å². The third-order valence-electron chi connectivity index (χ3n) is 7.03. The molecule has 38 heavy (non-hydrogen) atoms. The summed E-state index contributed by atoms with van der Waals surface area (Å²) in [6.45, 7) is 8.98. The van der Waals surface area contributed by atoms with Crippen LogP contribution in [0.1, 0.15) is 57.2 Å². The number of piperazine rings is 1. The summed E-state index contributed by atoms with van der Waals surface area (Å²) < 4.78 is 12.8. The number of amides is 1. The van der Waals surface area contributed by atoms with Crippen LogP contribution >= 0.6 is 0 Å². The van der Waals surface area contributed by atoms with E-state index in [-0.39, 0.29) is 30.7 Å². The Morgan fingerprint density at radius 3 is 2.87 bits per heavy atom. The largest absolute Gasteiger partial charge is 0.454 e. The number of hydrogen-bond donors (Lipinski definition) is 2. The van der Waals surface area contributed by atoms with Gasteiger partial charge >= 0.3 is 0 Å². The Morgan fingerprint density at radius 1 is 1.21 bits per heavy atom. The first kappa shape index (κ1) is 26.0. The first-order valence-electron chi connectivity index (χ1n) is 13.5. The maximum atomic E-state index is 13.3. The van der Waals surface area contributed by atoms with Crippen molar-refractivity contribution in [2.24, 2.45) is 0 Å². The van der Waals surface area contributed by atoms with Crippen molar-refractivity contribution in [3.05, 3.63) is 54.2 Å². The Morgan fingerprint density at radius 2 is 2.08 bits per heavy atom. The van der Waals surface area contributed by atoms with E-state index < -0.39 is 0 Å². The number of anilines is 1. The van der Waals surface area contributed by atoms with Gasteiger partial charge in [-0.05, 0) is 36.5 Å². The molecule has 10 nitrogen and oxygen atoms in total. The molecule has 0 radical (unpaired) electrons. The van der Waals surface area contributed by atoms with Crippen molar-refractivity contribution in [3.8, 4) is 17.4 Å². The summed E-state index contributed by atoms with van der Waals surface area (Å²) in [7, 11) is 0. The standard InChI is InChI=1S/C28H37N7O3/c1-4-5-21(12-20-6-7-24-25(13-20)38-18-37-24)31-27(36)14-22-16-29-9-11-35(22)26-15-23(19(2)3)32-28(33-26)34-10-8-30-17-34/h6-8,10,13,15,17,19,21-22,29H,4-5,9,11-12,14,16,18H2,1-3H3,(H,31,36). The van der Waals surface area contributed by atoms with Crippen LogP contribution in [0.25, 0.3) is 5.95 Å². The van der Waals surface area contributed by atoms with Crippen molar-refractivity contribution in [2.45, 2.75) is 64.5 Å². The number of benzene rings is 1. The normalized spacial score (nSPS) is 17.6. The van der Waals surface area contributed by atoms with E-state index in [4.69, 9.17) is 19.4 Å². The van der Waals surface area contributed by atoms with E-state index in [1.165, 1.54) is 0 Å². The lowest BCUT2D eigenvalue weighted by Crippen LogP contribution is -2.54. The number of imidazole rings is 1. The molecule has 0 saturated carbocycles. The van der Waals surface area contributed by atoms with Gasteiger partial charge in [0.2, 0.25) is 18.6 Å². The lowest BCUT2D eigenvalue weighted by atomic mass is 10.0. The molecule has 0 bridgehead atoms. The summed E-state index contributed by atoms with van der Waals surface area (Å²) in [6, 6.07) is 8.11. The molecule has 1 aromatic carbocycles. The lowest BCUT2D eigenvalue weighted by Gasteiger charge is -2.37. The number of nitrogens with zero attached hydrogens (tertiary/aromatic N) is 5. The first-order valence-corrected chi connectivity index (χ1v) is 13.5. The van der Waals surface area contributed by atoms with Crippen LogP contribution in [0.2, 0.25) is 0 Å². The van der Waals surface area contributed by atoms with Crippen LogP contribution in [0.15, 0.2) is 43.0 Å². The predicted octanol–water partition coefficient (Wildman–Crippen LogP) is 3.21. The predicted molar refractivity (Wildman–Crippen MR) is 145 cm³/mol. The lowest BCUT2D eigenvalue weighted by molar-refractivity contribution is -0.122. The van der Waals surface area contributed by atoms with Gasteiger partial charge in [-0.2, -0.15) is 4.98 Å². The third-order valence-corrected chi connectivity index (χ3v) is 7.03.